The van der Waals surface area contributed by atoms with Gasteiger partial charge < -0.3 is 5.32 Å². The number of rotatable bonds is 3. The molecule has 1 N–H and O–H groups in total. The zero-order chi connectivity index (χ0) is 18.0. The van der Waals surface area contributed by atoms with Crippen LogP contribution in [0.2, 0.25) is 0 Å². The van der Waals surface area contributed by atoms with Gasteiger partial charge in [0.1, 0.15) is 0 Å². The van der Waals surface area contributed by atoms with E-state index in [9.17, 15) is 4.79 Å². The molecule has 0 radical (unpaired) electrons. The molecule has 1 amide bonds. The Bertz CT molecular complexity index is 927. The number of aromatic nitrogens is 1. The number of hydrogen-bond acceptors (Lipinski definition) is 2. The first-order valence-corrected chi connectivity index (χ1v) is 8.36. The van der Waals surface area contributed by atoms with Gasteiger partial charge in [-0.1, -0.05) is 23.8 Å². The van der Waals surface area contributed by atoms with Gasteiger partial charge in [0.2, 0.25) is 0 Å². The number of hydrogen-bond donors (Lipinski definition) is 1. The first kappa shape index (κ1) is 16.9. The van der Waals surface area contributed by atoms with Gasteiger partial charge in [-0.2, -0.15) is 0 Å². The fourth-order valence-corrected chi connectivity index (χ4v) is 2.72. The fourth-order valence-electron chi connectivity index (χ4n) is 2.72. The van der Waals surface area contributed by atoms with Gasteiger partial charge in [0.25, 0.3) is 5.91 Å². The predicted molar refractivity (Wildman–Crippen MR) is 103 cm³/mol. The maximum Gasteiger partial charge on any atom is 0.257 e. The van der Waals surface area contributed by atoms with Crippen LogP contribution in [0.15, 0.2) is 54.7 Å². The van der Waals surface area contributed by atoms with Crippen LogP contribution in [-0.2, 0) is 0 Å². The molecule has 3 heteroatoms. The van der Waals surface area contributed by atoms with Crippen molar-refractivity contribution in [3.63, 3.8) is 0 Å². The van der Waals surface area contributed by atoms with Crippen LogP contribution in [-0.4, -0.2) is 10.9 Å². The van der Waals surface area contributed by atoms with E-state index in [0.717, 1.165) is 22.5 Å². The second-order valence-corrected chi connectivity index (χ2v) is 6.50. The molecule has 2 aromatic carbocycles. The van der Waals surface area contributed by atoms with Gasteiger partial charge >= 0.3 is 0 Å². The molecule has 0 spiro atoms. The normalized spacial score (nSPS) is 10.6. The number of nitrogens with zero attached hydrogens (tertiary/aromatic N) is 1. The average Bonchev–Trinajstić information content (AvgIpc) is 2.60. The molecule has 0 aliphatic rings. The van der Waals surface area contributed by atoms with E-state index in [2.05, 4.69) is 49.3 Å². The third kappa shape index (κ3) is 3.77. The predicted octanol–water partition coefficient (Wildman–Crippen LogP) is 5.23. The van der Waals surface area contributed by atoms with Gasteiger partial charge in [0, 0.05) is 17.4 Å². The summed E-state index contributed by atoms with van der Waals surface area (Å²) in [5.74, 6) is -0.150. The quantitative estimate of drug-likeness (QED) is 0.714. The highest BCUT2D eigenvalue weighted by Gasteiger charge is 2.09. The summed E-state index contributed by atoms with van der Waals surface area (Å²) in [6.45, 7) is 8.22. The third-order valence-electron chi connectivity index (χ3n) is 4.46. The van der Waals surface area contributed by atoms with Crippen molar-refractivity contribution in [1.29, 1.82) is 0 Å². The lowest BCUT2D eigenvalue weighted by Crippen LogP contribution is -2.12. The first-order valence-electron chi connectivity index (χ1n) is 8.36. The molecule has 0 aliphatic carbocycles. The van der Waals surface area contributed by atoms with Crippen LogP contribution in [0.3, 0.4) is 0 Å². The number of nitrogens with one attached hydrogen (secondary N) is 1. The number of carbonyl (C=O) groups is 1. The molecule has 1 aromatic heterocycles. The van der Waals surface area contributed by atoms with Gasteiger partial charge in [0.15, 0.2) is 0 Å². The van der Waals surface area contributed by atoms with Crippen molar-refractivity contribution in [2.45, 2.75) is 27.7 Å². The summed E-state index contributed by atoms with van der Waals surface area (Å²) in [4.78, 5) is 16.9. The fraction of sp³-hybridized carbons (Fsp3) is 0.182. The van der Waals surface area contributed by atoms with Crippen molar-refractivity contribution in [2.24, 2.45) is 0 Å². The van der Waals surface area contributed by atoms with Gasteiger partial charge in [-0.25, -0.2) is 0 Å². The SMILES string of the molecule is Cc1ccc(C)c(-c2ccc(C(=O)Nc3ccc(C)c(C)c3)cn2)c1. The first-order chi connectivity index (χ1) is 11.9. The number of benzene rings is 2. The number of carbonyl (C=O) groups excluding carboxylic acids is 1. The summed E-state index contributed by atoms with van der Waals surface area (Å²) in [7, 11) is 0. The van der Waals surface area contributed by atoms with Crippen LogP contribution in [0.1, 0.15) is 32.6 Å². The highest BCUT2D eigenvalue weighted by Crippen LogP contribution is 2.23. The molecular weight excluding hydrogens is 308 g/mol. The highest BCUT2D eigenvalue weighted by molar-refractivity contribution is 6.04. The third-order valence-corrected chi connectivity index (χ3v) is 4.46. The minimum absolute atomic E-state index is 0.150. The van der Waals surface area contributed by atoms with Gasteiger partial charge in [0.05, 0.1) is 11.3 Å². The van der Waals surface area contributed by atoms with Crippen LogP contribution in [0.4, 0.5) is 5.69 Å². The number of aryl methyl sites for hydroxylation is 4. The van der Waals surface area contributed by atoms with E-state index in [1.807, 2.05) is 37.3 Å². The van der Waals surface area contributed by atoms with Crippen LogP contribution >= 0.6 is 0 Å². The zero-order valence-electron chi connectivity index (χ0n) is 15.1. The molecule has 0 aliphatic heterocycles. The van der Waals surface area contributed by atoms with Crippen LogP contribution in [0.5, 0.6) is 0 Å². The van der Waals surface area contributed by atoms with E-state index in [0.29, 0.717) is 5.56 Å². The molecule has 0 fully saturated rings. The Morgan fingerprint density at radius 3 is 2.28 bits per heavy atom. The molecule has 3 nitrogen and oxygen atoms in total. The summed E-state index contributed by atoms with van der Waals surface area (Å²) in [6, 6.07) is 15.9. The van der Waals surface area contributed by atoms with Gasteiger partial charge in [-0.05, 0) is 74.7 Å². The maximum atomic E-state index is 12.4. The lowest BCUT2D eigenvalue weighted by atomic mass is 10.0. The molecule has 1 heterocycles. The molecule has 126 valence electrons. The van der Waals surface area contributed by atoms with Gasteiger partial charge in [-0.3, -0.25) is 9.78 Å². The summed E-state index contributed by atoms with van der Waals surface area (Å²) < 4.78 is 0. The van der Waals surface area contributed by atoms with E-state index < -0.39 is 0 Å². The van der Waals surface area contributed by atoms with E-state index in [1.54, 1.807) is 6.20 Å². The van der Waals surface area contributed by atoms with Crippen LogP contribution in [0.25, 0.3) is 11.3 Å². The molecular formula is C22H22N2O. The van der Waals surface area contributed by atoms with E-state index in [1.165, 1.54) is 16.7 Å². The van der Waals surface area contributed by atoms with Crippen molar-refractivity contribution in [3.05, 3.63) is 82.5 Å². The van der Waals surface area contributed by atoms with E-state index >= 15 is 0 Å². The largest absolute Gasteiger partial charge is 0.322 e. The van der Waals surface area contributed by atoms with Crippen molar-refractivity contribution in [2.75, 3.05) is 5.32 Å². The van der Waals surface area contributed by atoms with Crippen LogP contribution in [0, 0.1) is 27.7 Å². The summed E-state index contributed by atoms with van der Waals surface area (Å²) in [5.41, 5.74) is 8.05. The van der Waals surface area contributed by atoms with Gasteiger partial charge in [-0.15, -0.1) is 0 Å². The number of amides is 1. The Hall–Kier alpha value is -2.94. The summed E-state index contributed by atoms with van der Waals surface area (Å²) in [6.07, 6.45) is 1.63. The topological polar surface area (TPSA) is 42.0 Å². The monoisotopic (exact) mass is 330 g/mol. The molecule has 3 aromatic rings. The van der Waals surface area contributed by atoms with Crippen molar-refractivity contribution < 1.29 is 4.79 Å². The second-order valence-electron chi connectivity index (χ2n) is 6.50. The lowest BCUT2D eigenvalue weighted by molar-refractivity contribution is 0.102. The second kappa shape index (κ2) is 6.89. The lowest BCUT2D eigenvalue weighted by Gasteiger charge is -2.09. The Morgan fingerprint density at radius 2 is 1.60 bits per heavy atom. The molecule has 0 saturated carbocycles. The average molecular weight is 330 g/mol. The highest BCUT2D eigenvalue weighted by atomic mass is 16.1. The van der Waals surface area contributed by atoms with E-state index in [4.69, 9.17) is 0 Å². The smallest absolute Gasteiger partial charge is 0.257 e. The Balaban J connectivity index is 1.80. The molecule has 25 heavy (non-hydrogen) atoms. The molecule has 0 unspecified atom stereocenters. The Labute approximate surface area is 148 Å². The maximum absolute atomic E-state index is 12.4. The summed E-state index contributed by atoms with van der Waals surface area (Å²) >= 11 is 0. The molecule has 0 atom stereocenters. The Kier molecular flexibility index (Phi) is 4.66. The molecule has 0 bridgehead atoms. The number of anilines is 1. The molecule has 3 rings (SSSR count). The molecule has 0 saturated heterocycles. The minimum Gasteiger partial charge on any atom is -0.322 e. The van der Waals surface area contributed by atoms with E-state index in [-0.39, 0.29) is 5.91 Å². The Morgan fingerprint density at radius 1 is 0.840 bits per heavy atom. The van der Waals surface area contributed by atoms with Crippen molar-refractivity contribution in [1.82, 2.24) is 4.98 Å². The van der Waals surface area contributed by atoms with Crippen molar-refractivity contribution >= 4 is 11.6 Å². The van der Waals surface area contributed by atoms with Crippen LogP contribution < -0.4 is 5.32 Å². The number of pyridine rings is 1. The van der Waals surface area contributed by atoms with Crippen molar-refractivity contribution in [3.8, 4) is 11.3 Å². The standard InChI is InChI=1S/C22H22N2O/c1-14-5-6-16(3)20(11-14)21-10-8-18(13-23-21)22(25)24-19-9-7-15(2)17(4)12-19/h5-13H,1-4H3,(H,24,25). The zero-order valence-corrected chi connectivity index (χ0v) is 15.1. The minimum atomic E-state index is -0.150. The summed E-state index contributed by atoms with van der Waals surface area (Å²) in [5, 5.41) is 2.93.